The van der Waals surface area contributed by atoms with Crippen molar-refractivity contribution in [3.05, 3.63) is 66.5 Å². The molecule has 9 nitrogen and oxygen atoms in total. The number of benzene rings is 2. The van der Waals surface area contributed by atoms with E-state index >= 15 is 0 Å². The number of methoxy groups -OCH3 is 3. The summed E-state index contributed by atoms with van der Waals surface area (Å²) in [6.07, 6.45) is 3.75. The van der Waals surface area contributed by atoms with E-state index in [4.69, 9.17) is 14.2 Å². The van der Waals surface area contributed by atoms with Gasteiger partial charge in [0.05, 0.1) is 27.1 Å². The van der Waals surface area contributed by atoms with E-state index in [9.17, 15) is 4.79 Å². The Labute approximate surface area is 201 Å². The maximum atomic E-state index is 12.5. The number of nitrogens with one attached hydrogen (secondary N) is 1. The SMILES string of the molecule is COc1cc(-c2nnc(SCC(=O)Nc3ccc(C)cc3)n2-n2cccc2)cc(OC)c1OC. The Bertz CT molecular complexity index is 1240. The largest absolute Gasteiger partial charge is 0.493 e. The molecular formula is C24H25N5O4S. The van der Waals surface area contributed by atoms with E-state index in [0.29, 0.717) is 33.8 Å². The highest BCUT2D eigenvalue weighted by atomic mass is 32.2. The van der Waals surface area contributed by atoms with Crippen LogP contribution in [0.1, 0.15) is 5.56 Å². The van der Waals surface area contributed by atoms with Crippen LogP contribution in [0.15, 0.2) is 66.1 Å². The summed E-state index contributed by atoms with van der Waals surface area (Å²) >= 11 is 1.29. The number of carbonyl (C=O) groups excluding carboxylic acids is 1. The number of anilines is 1. The second-order valence-electron chi connectivity index (χ2n) is 7.30. The fourth-order valence-corrected chi connectivity index (χ4v) is 4.11. The number of aromatic nitrogens is 4. The molecule has 2 heterocycles. The standard InChI is InChI=1S/C24H25N5O4S/c1-16-7-9-18(10-8-16)25-21(30)15-34-24-27-26-23(29(24)28-11-5-6-12-28)17-13-19(31-2)22(33-4)20(14-17)32-3/h5-14H,15H2,1-4H3,(H,25,30). The number of thioether (sulfide) groups is 1. The van der Waals surface area contributed by atoms with Crippen molar-refractivity contribution in [3.63, 3.8) is 0 Å². The highest BCUT2D eigenvalue weighted by Crippen LogP contribution is 2.41. The monoisotopic (exact) mass is 479 g/mol. The van der Waals surface area contributed by atoms with Gasteiger partial charge in [-0.3, -0.25) is 9.47 Å². The molecule has 0 atom stereocenters. The zero-order valence-electron chi connectivity index (χ0n) is 19.3. The first-order valence-corrected chi connectivity index (χ1v) is 11.4. The number of amides is 1. The quantitative estimate of drug-likeness (QED) is 0.361. The van der Waals surface area contributed by atoms with Crippen LogP contribution in [0.4, 0.5) is 5.69 Å². The Morgan fingerprint density at radius 1 is 0.971 bits per heavy atom. The summed E-state index contributed by atoms with van der Waals surface area (Å²) in [7, 11) is 4.68. The maximum absolute atomic E-state index is 12.5. The lowest BCUT2D eigenvalue weighted by molar-refractivity contribution is -0.113. The average molecular weight is 480 g/mol. The lowest BCUT2D eigenvalue weighted by Crippen LogP contribution is -2.15. The normalized spacial score (nSPS) is 10.7. The van der Waals surface area contributed by atoms with Gasteiger partial charge in [-0.15, -0.1) is 10.2 Å². The van der Waals surface area contributed by atoms with Gasteiger partial charge in [-0.1, -0.05) is 29.5 Å². The number of ether oxygens (including phenoxy) is 3. The summed E-state index contributed by atoms with van der Waals surface area (Å²) in [5.74, 6) is 2.09. The molecule has 2 aromatic heterocycles. The lowest BCUT2D eigenvalue weighted by Gasteiger charge is -2.15. The van der Waals surface area contributed by atoms with Crippen molar-refractivity contribution in [2.75, 3.05) is 32.4 Å². The molecule has 0 spiro atoms. The second-order valence-corrected chi connectivity index (χ2v) is 8.24. The summed E-state index contributed by atoms with van der Waals surface area (Å²) in [4.78, 5) is 12.5. The van der Waals surface area contributed by atoms with Crippen LogP contribution in [0, 0.1) is 6.92 Å². The van der Waals surface area contributed by atoms with Crippen molar-refractivity contribution in [2.45, 2.75) is 12.1 Å². The van der Waals surface area contributed by atoms with Gasteiger partial charge in [0.1, 0.15) is 0 Å². The van der Waals surface area contributed by atoms with Crippen molar-refractivity contribution in [1.29, 1.82) is 0 Å². The van der Waals surface area contributed by atoms with E-state index in [1.165, 1.54) is 11.8 Å². The highest BCUT2D eigenvalue weighted by molar-refractivity contribution is 7.99. The summed E-state index contributed by atoms with van der Waals surface area (Å²) in [5.41, 5.74) is 2.60. The molecule has 0 bridgehead atoms. The molecule has 0 aliphatic carbocycles. The summed E-state index contributed by atoms with van der Waals surface area (Å²) < 4.78 is 20.1. The number of hydrogen-bond acceptors (Lipinski definition) is 7. The van der Waals surface area contributed by atoms with E-state index in [0.717, 1.165) is 11.3 Å². The van der Waals surface area contributed by atoms with Crippen molar-refractivity contribution in [1.82, 2.24) is 19.5 Å². The van der Waals surface area contributed by atoms with E-state index in [1.54, 1.807) is 21.3 Å². The van der Waals surface area contributed by atoms with Gasteiger partial charge in [-0.05, 0) is 43.3 Å². The Balaban J connectivity index is 1.64. The Hall–Kier alpha value is -3.92. The van der Waals surface area contributed by atoms with Crippen LogP contribution in [-0.2, 0) is 4.79 Å². The molecule has 0 unspecified atom stereocenters. The smallest absolute Gasteiger partial charge is 0.234 e. The highest BCUT2D eigenvalue weighted by Gasteiger charge is 2.21. The molecular weight excluding hydrogens is 454 g/mol. The number of rotatable bonds is 9. The lowest BCUT2D eigenvalue weighted by atomic mass is 10.1. The summed E-state index contributed by atoms with van der Waals surface area (Å²) in [5, 5.41) is 12.2. The van der Waals surface area contributed by atoms with E-state index in [-0.39, 0.29) is 11.7 Å². The first kappa shape index (κ1) is 23.2. The van der Waals surface area contributed by atoms with Crippen molar-refractivity contribution < 1.29 is 19.0 Å². The van der Waals surface area contributed by atoms with Crippen LogP contribution in [-0.4, -0.2) is 52.5 Å². The van der Waals surface area contributed by atoms with Gasteiger partial charge in [0, 0.05) is 23.6 Å². The van der Waals surface area contributed by atoms with Gasteiger partial charge < -0.3 is 19.5 Å². The molecule has 0 aliphatic heterocycles. The maximum Gasteiger partial charge on any atom is 0.234 e. The van der Waals surface area contributed by atoms with E-state index < -0.39 is 0 Å². The topological polar surface area (TPSA) is 92.4 Å². The molecule has 2 aromatic carbocycles. The van der Waals surface area contributed by atoms with E-state index in [1.807, 2.05) is 77.2 Å². The first-order chi connectivity index (χ1) is 16.5. The minimum atomic E-state index is -0.134. The van der Waals surface area contributed by atoms with Crippen LogP contribution in [0.25, 0.3) is 11.4 Å². The van der Waals surface area contributed by atoms with Gasteiger partial charge in [-0.2, -0.15) is 0 Å². The van der Waals surface area contributed by atoms with E-state index in [2.05, 4.69) is 15.5 Å². The zero-order valence-corrected chi connectivity index (χ0v) is 20.1. The molecule has 176 valence electrons. The van der Waals surface area contributed by atoms with Crippen LogP contribution in [0.3, 0.4) is 0 Å². The third-order valence-corrected chi connectivity index (χ3v) is 5.94. The number of nitrogens with zero attached hydrogens (tertiary/aromatic N) is 4. The van der Waals surface area contributed by atoms with Gasteiger partial charge in [0.2, 0.25) is 16.8 Å². The number of carbonyl (C=O) groups is 1. The minimum Gasteiger partial charge on any atom is -0.493 e. The molecule has 0 saturated heterocycles. The van der Waals surface area contributed by atoms with Gasteiger partial charge in [-0.25, -0.2) is 4.68 Å². The van der Waals surface area contributed by atoms with Gasteiger partial charge >= 0.3 is 0 Å². The third kappa shape index (κ3) is 4.86. The van der Waals surface area contributed by atoms with Crippen LogP contribution < -0.4 is 19.5 Å². The van der Waals surface area contributed by atoms with Crippen LogP contribution >= 0.6 is 11.8 Å². The molecule has 0 aliphatic rings. The fraction of sp³-hybridized carbons (Fsp3) is 0.208. The summed E-state index contributed by atoms with van der Waals surface area (Å²) in [6, 6.07) is 15.1. The Morgan fingerprint density at radius 3 is 2.21 bits per heavy atom. The first-order valence-electron chi connectivity index (χ1n) is 10.4. The Kier molecular flexibility index (Phi) is 7.07. The van der Waals surface area contributed by atoms with Crippen LogP contribution in [0.5, 0.6) is 17.2 Å². The molecule has 10 heteroatoms. The molecule has 0 radical (unpaired) electrons. The average Bonchev–Trinajstić information content (AvgIpc) is 3.53. The molecule has 4 rings (SSSR count). The number of hydrogen-bond donors (Lipinski definition) is 1. The van der Waals surface area contributed by atoms with Crippen molar-refractivity contribution in [3.8, 4) is 28.6 Å². The molecule has 1 N–H and O–H groups in total. The Morgan fingerprint density at radius 2 is 1.62 bits per heavy atom. The van der Waals surface area contributed by atoms with Crippen molar-refractivity contribution in [2.24, 2.45) is 0 Å². The summed E-state index contributed by atoms with van der Waals surface area (Å²) in [6.45, 7) is 2.00. The second kappa shape index (κ2) is 10.3. The molecule has 1 amide bonds. The molecule has 34 heavy (non-hydrogen) atoms. The third-order valence-electron chi connectivity index (χ3n) is 5.02. The minimum absolute atomic E-state index is 0.134. The predicted molar refractivity (Wildman–Crippen MR) is 131 cm³/mol. The molecule has 0 fully saturated rings. The predicted octanol–water partition coefficient (Wildman–Crippen LogP) is 4.12. The molecule has 4 aromatic rings. The van der Waals surface area contributed by atoms with Crippen LogP contribution in [0.2, 0.25) is 0 Å². The molecule has 0 saturated carbocycles. The van der Waals surface area contributed by atoms with Gasteiger partial charge in [0.15, 0.2) is 17.3 Å². The fourth-order valence-electron chi connectivity index (χ4n) is 3.38. The zero-order chi connectivity index (χ0) is 24.1. The number of aryl methyl sites for hydroxylation is 1. The van der Waals surface area contributed by atoms with Gasteiger partial charge in [0.25, 0.3) is 0 Å². The van der Waals surface area contributed by atoms with Crippen molar-refractivity contribution >= 4 is 23.4 Å².